The van der Waals surface area contributed by atoms with Crippen LogP contribution in [0.15, 0.2) is 36.4 Å². The Kier molecular flexibility index (Phi) is 8.40. The number of hydrogen-bond acceptors (Lipinski definition) is 6. The summed E-state index contributed by atoms with van der Waals surface area (Å²) >= 11 is 5.34. The SMILES string of the molecule is Cc1ccc(NS(C)(=O)=O)c(C(=O)Cl)c1.Cc1ccc(NS(C)(=O)=O)c(C(=O)O)c1. The van der Waals surface area contributed by atoms with E-state index in [4.69, 9.17) is 16.7 Å². The molecule has 30 heavy (non-hydrogen) atoms. The van der Waals surface area contributed by atoms with Crippen LogP contribution in [0.3, 0.4) is 0 Å². The fourth-order valence-corrected chi connectivity index (χ4v) is 3.54. The Bertz CT molecular complexity index is 1080. The number of anilines is 2. The molecule has 0 aliphatic rings. The maximum absolute atomic E-state index is 11.0. The highest BCUT2D eigenvalue weighted by Crippen LogP contribution is 2.20. The summed E-state index contributed by atoms with van der Waals surface area (Å²) in [6, 6.07) is 9.21. The smallest absolute Gasteiger partial charge is 0.337 e. The molecule has 9 nitrogen and oxygen atoms in total. The van der Waals surface area contributed by atoms with Gasteiger partial charge in [-0.2, -0.15) is 0 Å². The second-order valence-electron chi connectivity index (χ2n) is 6.43. The number of sulfonamides is 2. The number of carbonyl (C=O) groups excluding carboxylic acids is 1. The Morgan fingerprint density at radius 3 is 1.50 bits per heavy atom. The van der Waals surface area contributed by atoms with Crippen molar-refractivity contribution in [3.63, 3.8) is 0 Å². The summed E-state index contributed by atoms with van der Waals surface area (Å²) in [7, 11) is -6.87. The third-order valence-electron chi connectivity index (χ3n) is 3.38. The van der Waals surface area contributed by atoms with Crippen molar-refractivity contribution < 1.29 is 31.5 Å². The number of nitrogens with one attached hydrogen (secondary N) is 2. The highest BCUT2D eigenvalue weighted by atomic mass is 35.5. The molecule has 0 saturated carbocycles. The second kappa shape index (κ2) is 9.92. The molecule has 2 aromatic rings. The van der Waals surface area contributed by atoms with Gasteiger partial charge in [0.1, 0.15) is 0 Å². The molecule has 0 saturated heterocycles. The normalized spacial score (nSPS) is 11.1. The minimum atomic E-state index is -3.46. The van der Waals surface area contributed by atoms with Crippen LogP contribution in [0.4, 0.5) is 11.4 Å². The quantitative estimate of drug-likeness (QED) is 0.543. The summed E-state index contributed by atoms with van der Waals surface area (Å²) in [5.74, 6) is -1.16. The fourth-order valence-electron chi connectivity index (χ4n) is 2.23. The minimum absolute atomic E-state index is 0.0552. The van der Waals surface area contributed by atoms with Gasteiger partial charge in [0.25, 0.3) is 5.24 Å². The lowest BCUT2D eigenvalue weighted by Gasteiger charge is -2.08. The van der Waals surface area contributed by atoms with Crippen LogP contribution in [0.1, 0.15) is 31.8 Å². The van der Waals surface area contributed by atoms with Gasteiger partial charge in [-0.1, -0.05) is 23.3 Å². The predicted octanol–water partition coefficient (Wildman–Crippen LogP) is 2.81. The molecule has 0 aliphatic heterocycles. The number of hydrogen-bond donors (Lipinski definition) is 3. The van der Waals surface area contributed by atoms with Crippen LogP contribution in [-0.2, 0) is 20.0 Å². The first kappa shape index (κ1) is 25.4. The molecule has 0 fully saturated rings. The molecule has 0 spiro atoms. The van der Waals surface area contributed by atoms with Gasteiger partial charge in [0, 0.05) is 0 Å². The van der Waals surface area contributed by atoms with Crippen LogP contribution in [0, 0.1) is 13.8 Å². The van der Waals surface area contributed by atoms with Crippen molar-refractivity contribution in [1.82, 2.24) is 0 Å². The van der Waals surface area contributed by atoms with E-state index in [0.29, 0.717) is 0 Å². The van der Waals surface area contributed by atoms with E-state index in [0.717, 1.165) is 23.6 Å². The van der Waals surface area contributed by atoms with Gasteiger partial charge < -0.3 is 5.11 Å². The van der Waals surface area contributed by atoms with Crippen LogP contribution >= 0.6 is 11.6 Å². The van der Waals surface area contributed by atoms with Gasteiger partial charge in [0.2, 0.25) is 20.0 Å². The standard InChI is InChI=1S/C9H10ClNO3S.C9H11NO4S/c1-6-3-4-8(11-15(2,13)14)7(5-6)9(10)12;1-6-3-4-8(10-15(2,13)14)7(5-6)9(11)12/h3-5,11H,1-2H3;3-5,10H,1-2H3,(H,11,12). The van der Waals surface area contributed by atoms with Crippen LogP contribution in [0.5, 0.6) is 0 Å². The predicted molar refractivity (Wildman–Crippen MR) is 116 cm³/mol. The molecule has 0 heterocycles. The number of carboxylic acids is 1. The highest BCUT2D eigenvalue weighted by Gasteiger charge is 2.13. The van der Waals surface area contributed by atoms with Crippen molar-refractivity contribution in [2.45, 2.75) is 13.8 Å². The zero-order valence-electron chi connectivity index (χ0n) is 16.6. The lowest BCUT2D eigenvalue weighted by Crippen LogP contribution is -2.13. The molecule has 0 aromatic heterocycles. The molecule has 0 radical (unpaired) electrons. The van der Waals surface area contributed by atoms with E-state index in [9.17, 15) is 26.4 Å². The van der Waals surface area contributed by atoms with Gasteiger partial charge in [0.15, 0.2) is 0 Å². The van der Waals surface area contributed by atoms with E-state index in [1.807, 2.05) is 0 Å². The molecule has 12 heteroatoms. The van der Waals surface area contributed by atoms with Crippen molar-refractivity contribution in [3.05, 3.63) is 58.7 Å². The van der Waals surface area contributed by atoms with E-state index >= 15 is 0 Å². The number of aryl methyl sites for hydroxylation is 2. The summed E-state index contributed by atoms with van der Waals surface area (Å²) < 4.78 is 48.3. The molecule has 0 atom stereocenters. The summed E-state index contributed by atoms with van der Waals surface area (Å²) in [5, 5.41) is 8.16. The van der Waals surface area contributed by atoms with Gasteiger partial charge in [-0.25, -0.2) is 21.6 Å². The van der Waals surface area contributed by atoms with Gasteiger partial charge in [-0.3, -0.25) is 14.2 Å². The molecule has 0 aliphatic carbocycles. The second-order valence-corrected chi connectivity index (χ2v) is 10.3. The third-order valence-corrected chi connectivity index (χ3v) is 4.77. The largest absolute Gasteiger partial charge is 0.478 e. The van der Waals surface area contributed by atoms with Gasteiger partial charge in [0.05, 0.1) is 35.0 Å². The van der Waals surface area contributed by atoms with Crippen LogP contribution in [0.2, 0.25) is 0 Å². The molecule has 3 N–H and O–H groups in total. The molecule has 0 unspecified atom stereocenters. The zero-order valence-corrected chi connectivity index (χ0v) is 18.9. The van der Waals surface area contributed by atoms with Crippen molar-refractivity contribution >= 4 is 54.2 Å². The Balaban J connectivity index is 0.000000300. The van der Waals surface area contributed by atoms with E-state index in [1.54, 1.807) is 26.0 Å². The van der Waals surface area contributed by atoms with Gasteiger partial charge >= 0.3 is 5.97 Å². The Hall–Kier alpha value is -2.63. The van der Waals surface area contributed by atoms with E-state index in [1.165, 1.54) is 24.3 Å². The van der Waals surface area contributed by atoms with Crippen molar-refractivity contribution in [2.24, 2.45) is 0 Å². The zero-order chi connectivity index (χ0) is 23.3. The summed E-state index contributed by atoms with van der Waals surface area (Å²) in [6.07, 6.45) is 1.98. The Morgan fingerprint density at radius 1 is 0.800 bits per heavy atom. The van der Waals surface area contributed by atoms with Crippen molar-refractivity contribution in [1.29, 1.82) is 0 Å². The first-order valence-corrected chi connectivity index (χ1v) is 12.3. The molecule has 0 amide bonds. The van der Waals surface area contributed by atoms with Gasteiger partial charge in [-0.05, 0) is 49.7 Å². The Labute approximate surface area is 180 Å². The van der Waals surface area contributed by atoms with Crippen LogP contribution in [-0.4, -0.2) is 45.7 Å². The van der Waals surface area contributed by atoms with Crippen molar-refractivity contribution in [3.8, 4) is 0 Å². The number of halogens is 1. The third kappa shape index (κ3) is 8.80. The topological polar surface area (TPSA) is 147 Å². The number of carboxylic acid groups (broad SMARTS) is 1. The van der Waals surface area contributed by atoms with E-state index < -0.39 is 31.3 Å². The van der Waals surface area contributed by atoms with Crippen molar-refractivity contribution in [2.75, 3.05) is 22.0 Å². The average Bonchev–Trinajstić information content (AvgIpc) is 2.56. The molecule has 0 bridgehead atoms. The maximum Gasteiger partial charge on any atom is 0.337 e. The highest BCUT2D eigenvalue weighted by molar-refractivity contribution is 7.92. The number of aromatic carboxylic acids is 1. The lowest BCUT2D eigenvalue weighted by molar-refractivity contribution is 0.0697. The molecule has 164 valence electrons. The maximum atomic E-state index is 11.0. The van der Waals surface area contributed by atoms with E-state index in [-0.39, 0.29) is 22.5 Å². The number of rotatable bonds is 6. The first-order valence-electron chi connectivity index (χ1n) is 8.19. The molecule has 2 rings (SSSR count). The molecular formula is C18H21ClN2O7S2. The molecular weight excluding hydrogens is 456 g/mol. The fraction of sp³-hybridized carbons (Fsp3) is 0.222. The average molecular weight is 477 g/mol. The van der Waals surface area contributed by atoms with E-state index in [2.05, 4.69) is 9.44 Å². The van der Waals surface area contributed by atoms with Crippen LogP contribution in [0.25, 0.3) is 0 Å². The van der Waals surface area contributed by atoms with Gasteiger partial charge in [-0.15, -0.1) is 0 Å². The first-order chi connectivity index (χ1) is 13.6. The minimum Gasteiger partial charge on any atom is -0.478 e. The lowest BCUT2D eigenvalue weighted by atomic mass is 10.1. The molecule has 2 aromatic carbocycles. The Morgan fingerprint density at radius 2 is 1.17 bits per heavy atom. The monoisotopic (exact) mass is 476 g/mol. The number of carbonyl (C=O) groups is 2. The summed E-state index contributed by atoms with van der Waals surface area (Å²) in [5.41, 5.74) is 1.96. The summed E-state index contributed by atoms with van der Waals surface area (Å²) in [4.78, 5) is 21.9. The number of benzene rings is 2. The summed E-state index contributed by atoms with van der Waals surface area (Å²) in [6.45, 7) is 3.52. The van der Waals surface area contributed by atoms with Crippen LogP contribution < -0.4 is 9.44 Å².